The molecule has 8 N–H and O–H groups in total. The third-order valence-electron chi connectivity index (χ3n) is 12.7. The van der Waals surface area contributed by atoms with Crippen molar-refractivity contribution in [3.05, 3.63) is 11.3 Å². The normalized spacial score (nSPS) is 23.9. The van der Waals surface area contributed by atoms with E-state index < -0.39 is 12.1 Å². The van der Waals surface area contributed by atoms with E-state index in [9.17, 15) is 22.8 Å². The van der Waals surface area contributed by atoms with Crippen molar-refractivity contribution in [1.82, 2.24) is 15.5 Å². The summed E-state index contributed by atoms with van der Waals surface area (Å²) in [4.78, 5) is 46.2. The summed E-state index contributed by atoms with van der Waals surface area (Å²) in [5, 5.41) is 16.3. The second-order valence-corrected chi connectivity index (χ2v) is 17.5. The monoisotopic (exact) mass is 882 g/mol. The van der Waals surface area contributed by atoms with Crippen molar-refractivity contribution in [2.45, 2.75) is 198 Å². The van der Waals surface area contributed by atoms with Crippen LogP contribution in [-0.2, 0) is 23.9 Å². The highest BCUT2D eigenvalue weighted by atomic mass is 19.4. The van der Waals surface area contributed by atoms with Gasteiger partial charge in [0.15, 0.2) is 11.9 Å². The summed E-state index contributed by atoms with van der Waals surface area (Å²) in [5.74, 6) is -1.70. The number of hydrogen-bond acceptors (Lipinski definition) is 12. The van der Waals surface area contributed by atoms with Crippen molar-refractivity contribution in [2.75, 3.05) is 26.3 Å². The number of aliphatic imine (C=N–C) groups is 2. The van der Waals surface area contributed by atoms with Gasteiger partial charge < -0.3 is 41.5 Å². The van der Waals surface area contributed by atoms with Crippen LogP contribution in [0.25, 0.3) is 0 Å². The number of halogens is 3. The number of nitrogens with one attached hydrogen (secondary N) is 2. The van der Waals surface area contributed by atoms with E-state index in [4.69, 9.17) is 41.6 Å². The number of allylic oxidation sites excluding steroid dienone is 1. The van der Waals surface area contributed by atoms with Crippen molar-refractivity contribution in [3.8, 4) is 0 Å². The van der Waals surface area contributed by atoms with Crippen LogP contribution >= 0.6 is 0 Å². The van der Waals surface area contributed by atoms with Crippen LogP contribution in [0.1, 0.15) is 162 Å². The topological polar surface area (TPSA) is 226 Å². The number of alkyl halides is 3. The van der Waals surface area contributed by atoms with Gasteiger partial charge in [-0.15, -0.1) is 0 Å². The molecule has 18 heteroatoms. The minimum atomic E-state index is -5.19. The van der Waals surface area contributed by atoms with Gasteiger partial charge in [0.05, 0.1) is 49.0 Å². The summed E-state index contributed by atoms with van der Waals surface area (Å²) in [6.07, 6.45) is 20.3. The number of unbranched alkanes of at least 4 members (excludes halogenated alkanes) is 13. The lowest BCUT2D eigenvalue weighted by Gasteiger charge is -2.38. The number of carboxylic acids is 1. The Bertz CT molecular complexity index is 1580. The van der Waals surface area contributed by atoms with Gasteiger partial charge in [-0.05, 0) is 64.7 Å². The number of rotatable bonds is 25. The van der Waals surface area contributed by atoms with Crippen molar-refractivity contribution < 1.29 is 46.7 Å². The van der Waals surface area contributed by atoms with Crippen LogP contribution in [0.15, 0.2) is 21.3 Å². The molecule has 6 atom stereocenters. The fraction of sp³-hybridized carbons (Fsp3) is 0.818. The predicted molar refractivity (Wildman–Crippen MR) is 231 cm³/mol. The van der Waals surface area contributed by atoms with Crippen LogP contribution in [0.3, 0.4) is 0 Å². The number of carbonyl (C=O) groups is 3. The number of guanidine groups is 3. The van der Waals surface area contributed by atoms with Gasteiger partial charge in [-0.2, -0.15) is 13.2 Å². The molecule has 0 aromatic rings. The molecule has 0 aromatic heterocycles. The van der Waals surface area contributed by atoms with Gasteiger partial charge in [-0.3, -0.25) is 25.0 Å². The molecule has 62 heavy (non-hydrogen) atoms. The highest BCUT2D eigenvalue weighted by Gasteiger charge is 2.52. The maximum atomic E-state index is 13.4. The highest BCUT2D eigenvalue weighted by molar-refractivity contribution is 5.95. The van der Waals surface area contributed by atoms with Crippen LogP contribution < -0.4 is 32.9 Å². The number of nitrogens with two attached hydrogens (primary N) is 3. The molecule has 5 heterocycles. The SMILES string of the molecule is CCCCCCCCC[C@@H]1C[C@@H]2CC[C@H]3[C@@H](C(=O)OCCCCCCCCC[C@H]4N=C(N)N5CCCC5=C4C(=O)OCCCCN=C(N)N)[C@@H](C)NC(=[N+]23)N1.O=C([O-])C(F)(F)F. The van der Waals surface area contributed by atoms with Gasteiger partial charge in [0.2, 0.25) is 0 Å². The lowest BCUT2D eigenvalue weighted by atomic mass is 9.89. The first-order valence-corrected chi connectivity index (χ1v) is 23.4. The van der Waals surface area contributed by atoms with E-state index in [1.165, 1.54) is 57.8 Å². The standard InChI is InChI=1S/C42H73N9O4.C2HF3O2/c1-3-4-5-6-8-11-14-20-31-29-32-23-24-35-36(30(2)47-42(48-31)51(32)35)38(52)54-27-17-13-10-7-9-12-15-21-33-37(34-22-19-26-50(34)41(45)49-33)39(53)55-28-18-16-25-46-40(43)44;3-2(4,5)1(6)7/h30-33,35-36H,3-29H2,1-2H3,(H7,43,44,45,46,47,48,49);(H,6,7)/t30-,31-,32+,33-,35+,36+;/m1./s1. The average Bonchev–Trinajstić information content (AvgIpc) is 3.88. The molecule has 5 aliphatic heterocycles. The first-order chi connectivity index (χ1) is 29.7. The third-order valence-corrected chi connectivity index (χ3v) is 12.7. The quantitative estimate of drug-likeness (QED) is 0.0279. The largest absolute Gasteiger partial charge is 0.542 e. The van der Waals surface area contributed by atoms with Crippen LogP contribution in [0.2, 0.25) is 0 Å². The van der Waals surface area contributed by atoms with E-state index in [0.29, 0.717) is 49.8 Å². The first kappa shape index (κ1) is 50.4. The van der Waals surface area contributed by atoms with Gasteiger partial charge in [-0.1, -0.05) is 90.4 Å². The Morgan fingerprint density at radius 1 is 0.887 bits per heavy atom. The molecule has 5 rings (SSSR count). The van der Waals surface area contributed by atoms with E-state index in [1.807, 2.05) is 4.90 Å². The minimum Gasteiger partial charge on any atom is -0.542 e. The Morgan fingerprint density at radius 2 is 1.50 bits per heavy atom. The molecule has 2 saturated heterocycles. The van der Waals surface area contributed by atoms with Crippen LogP contribution in [0.4, 0.5) is 13.2 Å². The molecule has 0 amide bonds. The molecule has 0 bridgehead atoms. The number of carboxylic acid groups (broad SMARTS) is 1. The summed E-state index contributed by atoms with van der Waals surface area (Å²) in [7, 11) is 0. The first-order valence-electron chi connectivity index (χ1n) is 23.4. The second kappa shape index (κ2) is 25.8. The van der Waals surface area contributed by atoms with E-state index in [2.05, 4.69) is 34.0 Å². The second-order valence-electron chi connectivity index (χ2n) is 17.5. The zero-order chi connectivity index (χ0) is 45.1. The number of esters is 2. The van der Waals surface area contributed by atoms with Gasteiger partial charge in [0.1, 0.15) is 11.9 Å². The Balaban J connectivity index is 0.00000111. The smallest absolute Gasteiger partial charge is 0.430 e. The summed E-state index contributed by atoms with van der Waals surface area (Å²) in [6, 6.07) is 1.10. The van der Waals surface area contributed by atoms with Crippen LogP contribution in [0.5, 0.6) is 0 Å². The number of aliphatic carboxylic acids is 1. The number of nitrogens with zero attached hydrogens (tertiary/aromatic N) is 4. The highest BCUT2D eigenvalue weighted by Crippen LogP contribution is 2.36. The Morgan fingerprint density at radius 3 is 2.16 bits per heavy atom. The Kier molecular flexibility index (Phi) is 20.9. The number of hydrogen-bond donors (Lipinski definition) is 5. The number of ether oxygens (including phenoxy) is 2. The fourth-order valence-corrected chi connectivity index (χ4v) is 9.57. The van der Waals surface area contributed by atoms with Crippen LogP contribution in [-0.4, -0.2) is 108 Å². The molecule has 5 aliphatic rings. The molecule has 0 aromatic carbocycles. The number of carbonyl (C=O) groups excluding carboxylic acids is 3. The maximum Gasteiger partial charge on any atom is 0.430 e. The van der Waals surface area contributed by atoms with Crippen molar-refractivity contribution in [3.63, 3.8) is 0 Å². The van der Waals surface area contributed by atoms with E-state index in [-0.39, 0.29) is 41.9 Å². The molecule has 352 valence electrons. The molecule has 0 radical (unpaired) electrons. The maximum absolute atomic E-state index is 13.4. The van der Waals surface area contributed by atoms with E-state index >= 15 is 0 Å². The van der Waals surface area contributed by atoms with Gasteiger partial charge in [-0.25, -0.2) is 9.79 Å². The number of fused-ring (bicyclic) bond motifs is 1. The van der Waals surface area contributed by atoms with Gasteiger partial charge in [0, 0.05) is 25.2 Å². The molecule has 0 unspecified atom stereocenters. The summed E-state index contributed by atoms with van der Waals surface area (Å²) >= 11 is 0. The predicted octanol–water partition coefficient (Wildman–Crippen LogP) is 4.60. The summed E-state index contributed by atoms with van der Waals surface area (Å²) < 4.78 is 45.6. The fourth-order valence-electron chi connectivity index (χ4n) is 9.57. The Hall–Kier alpha value is -4.25. The zero-order valence-electron chi connectivity index (χ0n) is 37.2. The summed E-state index contributed by atoms with van der Waals surface area (Å²) in [5.41, 5.74) is 18.8. The lowest BCUT2D eigenvalue weighted by Crippen LogP contribution is -2.66. The van der Waals surface area contributed by atoms with E-state index in [0.717, 1.165) is 102 Å². The molecule has 15 nitrogen and oxygen atoms in total. The van der Waals surface area contributed by atoms with Crippen molar-refractivity contribution >= 4 is 35.8 Å². The third kappa shape index (κ3) is 15.5. The van der Waals surface area contributed by atoms with Crippen molar-refractivity contribution in [2.24, 2.45) is 33.1 Å². The lowest BCUT2D eigenvalue weighted by molar-refractivity contribution is -0.598. The molecule has 2 fully saturated rings. The summed E-state index contributed by atoms with van der Waals surface area (Å²) in [6.45, 7) is 6.56. The molecular formula is C44H74F3N9O6. The Labute approximate surface area is 365 Å². The van der Waals surface area contributed by atoms with E-state index in [1.54, 1.807) is 0 Å². The zero-order valence-corrected chi connectivity index (χ0v) is 37.2. The minimum absolute atomic E-state index is 0.0392. The molecule has 0 spiro atoms. The molecule has 0 aliphatic carbocycles. The van der Waals surface area contributed by atoms with Crippen molar-refractivity contribution in [1.29, 1.82) is 0 Å². The van der Waals surface area contributed by atoms with Crippen LogP contribution in [0, 0.1) is 5.92 Å². The van der Waals surface area contributed by atoms with Gasteiger partial charge in [0.25, 0.3) is 0 Å². The molecule has 0 saturated carbocycles. The van der Waals surface area contributed by atoms with Gasteiger partial charge >= 0.3 is 24.1 Å². The molecular weight excluding hydrogens is 808 g/mol. The average molecular weight is 882 g/mol.